The van der Waals surface area contributed by atoms with E-state index < -0.39 is 0 Å². The monoisotopic (exact) mass is 335 g/mol. The standard InChI is InChI=1S/C17H25N3O2S/c1-11-3-4-14-15(9-11)23-17(18-14)19-16(22)10-13-5-7-20(8-6-13)12(2)21/h11,13H,3-10H2,1-2H3,(H,18,19,22)/t11-/m1/s1. The van der Waals surface area contributed by atoms with Crippen LogP contribution in [0.2, 0.25) is 0 Å². The highest BCUT2D eigenvalue weighted by atomic mass is 32.1. The normalized spacial score (nSPS) is 21.8. The first kappa shape index (κ1) is 16.4. The molecule has 0 saturated carbocycles. The zero-order chi connectivity index (χ0) is 16.4. The van der Waals surface area contributed by atoms with Crippen molar-refractivity contribution < 1.29 is 9.59 Å². The number of thiazole rings is 1. The summed E-state index contributed by atoms with van der Waals surface area (Å²) >= 11 is 1.64. The molecule has 2 aliphatic rings. The van der Waals surface area contributed by atoms with Gasteiger partial charge < -0.3 is 10.2 Å². The fraction of sp³-hybridized carbons (Fsp3) is 0.706. The Morgan fingerprint density at radius 3 is 2.74 bits per heavy atom. The highest BCUT2D eigenvalue weighted by Crippen LogP contribution is 2.32. The second-order valence-corrected chi connectivity index (χ2v) is 8.02. The Morgan fingerprint density at radius 1 is 1.30 bits per heavy atom. The molecular formula is C17H25N3O2S. The lowest BCUT2D eigenvalue weighted by Gasteiger charge is -2.30. The van der Waals surface area contributed by atoms with Crippen LogP contribution >= 0.6 is 11.3 Å². The van der Waals surface area contributed by atoms with Crippen LogP contribution in [0.1, 0.15) is 50.1 Å². The SMILES string of the molecule is CC(=O)N1CCC(CC(=O)Nc2nc3c(s2)C[C@H](C)CC3)CC1. The number of nitrogens with one attached hydrogen (secondary N) is 1. The van der Waals surface area contributed by atoms with E-state index in [-0.39, 0.29) is 11.8 Å². The van der Waals surface area contributed by atoms with Crippen LogP contribution < -0.4 is 5.32 Å². The summed E-state index contributed by atoms with van der Waals surface area (Å²) in [6.07, 6.45) is 5.68. The van der Waals surface area contributed by atoms with E-state index in [1.807, 2.05) is 4.90 Å². The molecule has 2 amide bonds. The number of aromatic nitrogens is 1. The summed E-state index contributed by atoms with van der Waals surface area (Å²) in [5.74, 6) is 1.29. The van der Waals surface area contributed by atoms with Crippen molar-refractivity contribution >= 4 is 28.3 Å². The second-order valence-electron chi connectivity index (χ2n) is 6.94. The van der Waals surface area contributed by atoms with Gasteiger partial charge >= 0.3 is 0 Å². The van der Waals surface area contributed by atoms with Crippen LogP contribution in [-0.2, 0) is 22.4 Å². The van der Waals surface area contributed by atoms with Gasteiger partial charge in [0.1, 0.15) is 0 Å². The quantitative estimate of drug-likeness (QED) is 0.924. The number of likely N-dealkylation sites (tertiary alicyclic amines) is 1. The van der Waals surface area contributed by atoms with Crippen LogP contribution in [0.15, 0.2) is 0 Å². The van der Waals surface area contributed by atoms with Gasteiger partial charge in [-0.25, -0.2) is 4.98 Å². The van der Waals surface area contributed by atoms with E-state index in [4.69, 9.17) is 0 Å². The van der Waals surface area contributed by atoms with Gasteiger partial charge in [-0.3, -0.25) is 9.59 Å². The topological polar surface area (TPSA) is 62.3 Å². The number of fused-ring (bicyclic) bond motifs is 1. The fourth-order valence-corrected chi connectivity index (χ4v) is 4.67. The van der Waals surface area contributed by atoms with Gasteiger partial charge in [-0.1, -0.05) is 6.92 Å². The average Bonchev–Trinajstić information content (AvgIpc) is 2.88. The molecule has 1 saturated heterocycles. The van der Waals surface area contributed by atoms with Crippen LogP contribution in [0, 0.1) is 11.8 Å². The van der Waals surface area contributed by atoms with Gasteiger partial charge in [0.05, 0.1) is 5.69 Å². The minimum atomic E-state index is 0.0606. The molecule has 5 nitrogen and oxygen atoms in total. The highest BCUT2D eigenvalue weighted by molar-refractivity contribution is 7.15. The van der Waals surface area contributed by atoms with Crippen LogP contribution in [0.25, 0.3) is 0 Å². The summed E-state index contributed by atoms with van der Waals surface area (Å²) < 4.78 is 0. The lowest BCUT2D eigenvalue weighted by Crippen LogP contribution is -2.37. The Bertz CT molecular complexity index is 591. The Hall–Kier alpha value is -1.43. The molecule has 23 heavy (non-hydrogen) atoms. The number of aryl methyl sites for hydroxylation is 1. The molecule has 0 aromatic carbocycles. The van der Waals surface area contributed by atoms with Gasteiger partial charge in [-0.2, -0.15) is 0 Å². The van der Waals surface area contributed by atoms with Crippen LogP contribution in [0.5, 0.6) is 0 Å². The van der Waals surface area contributed by atoms with Crippen LogP contribution in [-0.4, -0.2) is 34.8 Å². The van der Waals surface area contributed by atoms with Gasteiger partial charge in [0.25, 0.3) is 0 Å². The number of nitrogens with zero attached hydrogens (tertiary/aromatic N) is 2. The Kier molecular flexibility index (Phi) is 4.99. The first-order chi connectivity index (χ1) is 11.0. The highest BCUT2D eigenvalue weighted by Gasteiger charge is 2.24. The van der Waals surface area contributed by atoms with E-state index >= 15 is 0 Å². The summed E-state index contributed by atoms with van der Waals surface area (Å²) in [6, 6.07) is 0. The molecule has 1 aromatic heterocycles. The number of carbonyl (C=O) groups excluding carboxylic acids is 2. The molecule has 0 bridgehead atoms. The van der Waals surface area contributed by atoms with Crippen molar-refractivity contribution in [1.29, 1.82) is 0 Å². The zero-order valence-corrected chi connectivity index (χ0v) is 14.7. The molecule has 1 atom stereocenters. The lowest BCUT2D eigenvalue weighted by molar-refractivity contribution is -0.130. The number of carbonyl (C=O) groups is 2. The third kappa shape index (κ3) is 4.10. The first-order valence-corrected chi connectivity index (χ1v) is 9.37. The van der Waals surface area contributed by atoms with Crippen LogP contribution in [0.4, 0.5) is 5.13 Å². The molecule has 0 unspecified atom stereocenters. The van der Waals surface area contributed by atoms with E-state index in [0.717, 1.165) is 49.8 Å². The van der Waals surface area contributed by atoms with Crippen molar-refractivity contribution in [1.82, 2.24) is 9.88 Å². The predicted octanol–water partition coefficient (Wildman–Crippen LogP) is 2.86. The maximum atomic E-state index is 12.2. The first-order valence-electron chi connectivity index (χ1n) is 8.55. The van der Waals surface area contributed by atoms with Crippen molar-refractivity contribution in [3.8, 4) is 0 Å². The summed E-state index contributed by atoms with van der Waals surface area (Å²) in [5, 5.41) is 3.74. The number of amides is 2. The van der Waals surface area contributed by atoms with Crippen molar-refractivity contribution in [3.05, 3.63) is 10.6 Å². The Balaban J connectivity index is 1.49. The number of piperidine rings is 1. The third-order valence-corrected chi connectivity index (χ3v) is 6.00. The van der Waals surface area contributed by atoms with Gasteiger partial charge in [0.2, 0.25) is 11.8 Å². The maximum Gasteiger partial charge on any atom is 0.226 e. The predicted molar refractivity (Wildman–Crippen MR) is 91.5 cm³/mol. The number of hydrogen-bond donors (Lipinski definition) is 1. The van der Waals surface area contributed by atoms with Gasteiger partial charge in [-0.05, 0) is 43.9 Å². The van der Waals surface area contributed by atoms with Gasteiger partial charge in [0.15, 0.2) is 5.13 Å². The minimum Gasteiger partial charge on any atom is -0.343 e. The molecule has 6 heteroatoms. The Labute approximate surface area is 141 Å². The molecule has 1 fully saturated rings. The van der Waals surface area contributed by atoms with E-state index in [0.29, 0.717) is 12.3 Å². The maximum absolute atomic E-state index is 12.2. The molecule has 0 spiro atoms. The van der Waals surface area contributed by atoms with E-state index in [1.54, 1.807) is 18.3 Å². The Morgan fingerprint density at radius 2 is 2.04 bits per heavy atom. The van der Waals surface area contributed by atoms with Gasteiger partial charge in [-0.15, -0.1) is 11.3 Å². The van der Waals surface area contributed by atoms with E-state index in [1.165, 1.54) is 17.0 Å². The summed E-state index contributed by atoms with van der Waals surface area (Å²) in [6.45, 7) is 5.43. The number of rotatable bonds is 3. The van der Waals surface area contributed by atoms with Crippen molar-refractivity contribution in [2.75, 3.05) is 18.4 Å². The molecule has 0 radical (unpaired) electrons. The van der Waals surface area contributed by atoms with E-state index in [2.05, 4.69) is 17.2 Å². The smallest absolute Gasteiger partial charge is 0.226 e. The number of hydrogen-bond acceptors (Lipinski definition) is 4. The van der Waals surface area contributed by atoms with Crippen molar-refractivity contribution in [3.63, 3.8) is 0 Å². The number of anilines is 1. The third-order valence-electron chi connectivity index (χ3n) is 4.97. The van der Waals surface area contributed by atoms with E-state index in [9.17, 15) is 9.59 Å². The largest absolute Gasteiger partial charge is 0.343 e. The van der Waals surface area contributed by atoms with Gasteiger partial charge in [0, 0.05) is 31.3 Å². The van der Waals surface area contributed by atoms with Crippen molar-refractivity contribution in [2.24, 2.45) is 11.8 Å². The fourth-order valence-electron chi connectivity index (χ4n) is 3.48. The van der Waals surface area contributed by atoms with Crippen LogP contribution in [0.3, 0.4) is 0 Å². The summed E-state index contributed by atoms with van der Waals surface area (Å²) in [4.78, 5) is 31.4. The molecule has 1 aromatic rings. The summed E-state index contributed by atoms with van der Waals surface area (Å²) in [7, 11) is 0. The molecule has 2 heterocycles. The molecule has 1 aliphatic carbocycles. The lowest BCUT2D eigenvalue weighted by atomic mass is 9.93. The molecule has 1 aliphatic heterocycles. The molecule has 126 valence electrons. The second kappa shape index (κ2) is 6.99. The zero-order valence-electron chi connectivity index (χ0n) is 13.9. The minimum absolute atomic E-state index is 0.0606. The molecule has 3 rings (SSSR count). The average molecular weight is 335 g/mol. The molecular weight excluding hydrogens is 310 g/mol. The van der Waals surface area contributed by atoms with Crippen molar-refractivity contribution in [2.45, 2.75) is 52.4 Å². The molecule has 1 N–H and O–H groups in total. The summed E-state index contributed by atoms with van der Waals surface area (Å²) in [5.41, 5.74) is 1.18.